The van der Waals surface area contributed by atoms with Crippen LogP contribution in [0.3, 0.4) is 0 Å². The summed E-state index contributed by atoms with van der Waals surface area (Å²) in [6.45, 7) is 1.74. The lowest BCUT2D eigenvalue weighted by atomic mass is 10.2. The van der Waals surface area contributed by atoms with Crippen LogP contribution in [0.4, 0.5) is 18.9 Å². The Kier molecular flexibility index (Phi) is 5.57. The Morgan fingerprint density at radius 1 is 1.42 bits per heavy atom. The molecular formula is C11H10F3N3S2. The molecule has 19 heavy (non-hydrogen) atoms. The van der Waals surface area contributed by atoms with Gasteiger partial charge in [0.25, 0.3) is 0 Å². The van der Waals surface area contributed by atoms with Gasteiger partial charge in [0, 0.05) is 4.90 Å². The van der Waals surface area contributed by atoms with E-state index in [-0.39, 0.29) is 16.7 Å². The quantitative estimate of drug-likeness (QED) is 0.295. The third kappa shape index (κ3) is 5.44. The molecule has 0 saturated heterocycles. The Bertz CT molecular complexity index is 521. The summed E-state index contributed by atoms with van der Waals surface area (Å²) in [4.78, 5) is 4.19. The largest absolute Gasteiger partial charge is 0.446 e. The molecule has 1 aromatic carbocycles. The zero-order valence-corrected chi connectivity index (χ0v) is 11.7. The van der Waals surface area contributed by atoms with Gasteiger partial charge in [-0.05, 0) is 42.6 Å². The van der Waals surface area contributed by atoms with Gasteiger partial charge in [0.15, 0.2) is 11.4 Å². The summed E-state index contributed by atoms with van der Waals surface area (Å²) in [5.41, 5.74) is -3.19. The molecule has 0 saturated carbocycles. The zero-order chi connectivity index (χ0) is 14.5. The highest BCUT2D eigenvalue weighted by atomic mass is 32.2. The number of benzene rings is 1. The summed E-state index contributed by atoms with van der Waals surface area (Å²) in [7, 11) is 0. The van der Waals surface area contributed by atoms with Gasteiger partial charge in [-0.15, -0.1) is 0 Å². The number of nitriles is 1. The van der Waals surface area contributed by atoms with Crippen molar-refractivity contribution in [3.63, 3.8) is 0 Å². The number of rotatable bonds is 2. The summed E-state index contributed by atoms with van der Waals surface area (Å²) in [5, 5.41) is 11.2. The van der Waals surface area contributed by atoms with Crippen LogP contribution in [0, 0.1) is 18.4 Å². The van der Waals surface area contributed by atoms with Crippen molar-refractivity contribution in [3.8, 4) is 6.19 Å². The van der Waals surface area contributed by atoms with Gasteiger partial charge in [0.2, 0.25) is 0 Å². The normalized spacial score (nSPS) is 12.1. The predicted molar refractivity (Wildman–Crippen MR) is 72.4 cm³/mol. The van der Waals surface area contributed by atoms with Crippen LogP contribution >= 0.6 is 23.5 Å². The van der Waals surface area contributed by atoms with Gasteiger partial charge >= 0.3 is 5.51 Å². The number of nitrogens with one attached hydrogen (secondary N) is 1. The van der Waals surface area contributed by atoms with Gasteiger partial charge in [-0.1, -0.05) is 17.8 Å². The molecule has 0 radical (unpaired) electrons. The fourth-order valence-corrected chi connectivity index (χ4v) is 2.10. The van der Waals surface area contributed by atoms with Crippen LogP contribution in [0.2, 0.25) is 0 Å². The third-order valence-electron chi connectivity index (χ3n) is 1.99. The Balaban J connectivity index is 3.07. The molecule has 102 valence electrons. The van der Waals surface area contributed by atoms with Crippen molar-refractivity contribution in [2.24, 2.45) is 4.99 Å². The van der Waals surface area contributed by atoms with E-state index < -0.39 is 5.51 Å². The zero-order valence-electron chi connectivity index (χ0n) is 10.1. The van der Waals surface area contributed by atoms with Gasteiger partial charge in [0.05, 0.1) is 5.69 Å². The number of alkyl halides is 3. The molecule has 0 atom stereocenters. The first-order chi connectivity index (χ1) is 8.85. The predicted octanol–water partition coefficient (Wildman–Crippen LogP) is 4.03. The van der Waals surface area contributed by atoms with Crippen LogP contribution < -0.4 is 5.32 Å². The van der Waals surface area contributed by atoms with Crippen LogP contribution in [0.5, 0.6) is 0 Å². The second kappa shape index (κ2) is 6.73. The molecule has 1 rings (SSSR count). The van der Waals surface area contributed by atoms with Crippen LogP contribution in [-0.2, 0) is 0 Å². The summed E-state index contributed by atoms with van der Waals surface area (Å²) in [6.07, 6.45) is 3.44. The van der Waals surface area contributed by atoms with Gasteiger partial charge < -0.3 is 0 Å². The first kappa shape index (κ1) is 15.7. The number of hydrogen-bond acceptors (Lipinski definition) is 4. The van der Waals surface area contributed by atoms with E-state index in [4.69, 9.17) is 5.26 Å². The van der Waals surface area contributed by atoms with E-state index >= 15 is 0 Å². The van der Waals surface area contributed by atoms with Crippen molar-refractivity contribution in [3.05, 3.63) is 23.8 Å². The molecule has 0 aliphatic heterocycles. The molecule has 0 aromatic heterocycles. The number of thioether (sulfide) groups is 2. The number of amidine groups is 1. The minimum atomic E-state index is -4.33. The number of aliphatic imine (C=N–C) groups is 1. The maximum atomic E-state index is 12.3. The summed E-state index contributed by atoms with van der Waals surface area (Å²) in [5.74, 6) is 0. The standard InChI is InChI=1S/C11H10F3N3S2/c1-7-3-4-8(19-11(12,13)14)5-9(7)17-10(18-2)16-6-15/h3-5H,1-2H3,(H,16,17). The van der Waals surface area contributed by atoms with Crippen molar-refractivity contribution in [2.45, 2.75) is 17.3 Å². The highest BCUT2D eigenvalue weighted by Crippen LogP contribution is 2.38. The molecule has 0 aliphatic rings. The molecule has 3 nitrogen and oxygen atoms in total. The van der Waals surface area contributed by atoms with E-state index in [1.54, 1.807) is 25.4 Å². The first-order valence-corrected chi connectivity index (χ1v) is 7.04. The Morgan fingerprint density at radius 2 is 2.11 bits per heavy atom. The van der Waals surface area contributed by atoms with Gasteiger partial charge in [-0.25, -0.2) is 4.99 Å². The van der Waals surface area contributed by atoms with Crippen molar-refractivity contribution < 1.29 is 13.2 Å². The lowest BCUT2D eigenvalue weighted by Crippen LogP contribution is -2.12. The topological polar surface area (TPSA) is 48.2 Å². The maximum Gasteiger partial charge on any atom is 0.446 e. The van der Waals surface area contributed by atoms with Crippen molar-refractivity contribution in [2.75, 3.05) is 6.26 Å². The minimum Gasteiger partial charge on any atom is -0.271 e. The Labute approximate surface area is 117 Å². The van der Waals surface area contributed by atoms with Crippen molar-refractivity contribution in [1.82, 2.24) is 5.32 Å². The molecule has 0 bridgehead atoms. The average Bonchev–Trinajstić information content (AvgIpc) is 2.30. The molecule has 0 aliphatic carbocycles. The first-order valence-electron chi connectivity index (χ1n) is 5.00. The fourth-order valence-electron chi connectivity index (χ4n) is 1.19. The molecule has 0 spiro atoms. The lowest BCUT2D eigenvalue weighted by Gasteiger charge is -2.08. The van der Waals surface area contributed by atoms with E-state index in [2.05, 4.69) is 10.3 Å². The highest BCUT2D eigenvalue weighted by Gasteiger charge is 2.29. The summed E-state index contributed by atoms with van der Waals surface area (Å²) < 4.78 is 36.9. The molecule has 0 unspecified atom stereocenters. The van der Waals surface area contributed by atoms with Crippen molar-refractivity contribution >= 4 is 34.4 Å². The minimum absolute atomic E-state index is 0.0641. The lowest BCUT2D eigenvalue weighted by molar-refractivity contribution is -0.0328. The SMILES string of the molecule is CSC(=Nc1cc(SC(F)(F)F)ccc1C)NC#N. The van der Waals surface area contributed by atoms with Crippen LogP contribution in [0.15, 0.2) is 28.1 Å². The molecule has 1 aromatic rings. The molecule has 1 N–H and O–H groups in total. The molecule has 0 amide bonds. The number of halogens is 3. The monoisotopic (exact) mass is 305 g/mol. The second-order valence-corrected chi connectivity index (χ2v) is 5.29. The van der Waals surface area contributed by atoms with Crippen LogP contribution in [-0.4, -0.2) is 16.9 Å². The molecule has 0 heterocycles. The maximum absolute atomic E-state index is 12.3. The van der Waals surface area contributed by atoms with E-state index in [1.165, 1.54) is 23.9 Å². The van der Waals surface area contributed by atoms with Gasteiger partial charge in [-0.2, -0.15) is 18.4 Å². The van der Waals surface area contributed by atoms with E-state index in [0.717, 1.165) is 5.56 Å². The van der Waals surface area contributed by atoms with Crippen LogP contribution in [0.1, 0.15) is 5.56 Å². The number of aryl methyl sites for hydroxylation is 1. The second-order valence-electron chi connectivity index (χ2n) is 3.35. The third-order valence-corrected chi connectivity index (χ3v) is 3.29. The highest BCUT2D eigenvalue weighted by molar-refractivity contribution is 8.13. The van der Waals surface area contributed by atoms with Crippen molar-refractivity contribution in [1.29, 1.82) is 5.26 Å². The molecule has 0 fully saturated rings. The smallest absolute Gasteiger partial charge is 0.271 e. The fraction of sp³-hybridized carbons (Fsp3) is 0.273. The average molecular weight is 305 g/mol. The summed E-state index contributed by atoms with van der Waals surface area (Å²) in [6, 6.07) is 4.31. The number of hydrogen-bond donors (Lipinski definition) is 1. The van der Waals surface area contributed by atoms with E-state index in [0.29, 0.717) is 10.9 Å². The molecular weight excluding hydrogens is 295 g/mol. The van der Waals surface area contributed by atoms with E-state index in [9.17, 15) is 13.2 Å². The Hall–Kier alpha value is -1.33. The Morgan fingerprint density at radius 3 is 2.63 bits per heavy atom. The van der Waals surface area contributed by atoms with Gasteiger partial charge in [0.1, 0.15) is 0 Å². The van der Waals surface area contributed by atoms with Gasteiger partial charge in [-0.3, -0.25) is 5.32 Å². The molecule has 8 heteroatoms. The van der Waals surface area contributed by atoms with E-state index in [1.807, 2.05) is 0 Å². The number of nitrogens with zero attached hydrogens (tertiary/aromatic N) is 2. The summed E-state index contributed by atoms with van der Waals surface area (Å²) >= 11 is 1.01. The van der Waals surface area contributed by atoms with Crippen LogP contribution in [0.25, 0.3) is 0 Å².